The van der Waals surface area contributed by atoms with Crippen LogP contribution in [0.15, 0.2) is 4.99 Å². The van der Waals surface area contributed by atoms with Crippen LogP contribution in [-0.2, 0) is 9.53 Å². The van der Waals surface area contributed by atoms with Crippen molar-refractivity contribution in [1.82, 2.24) is 15.1 Å². The molecule has 25 heavy (non-hydrogen) atoms. The summed E-state index contributed by atoms with van der Waals surface area (Å²) in [6.07, 6.45) is 4.39. The fraction of sp³-hybridized carbons (Fsp3) is 0.889. The zero-order valence-corrected chi connectivity index (χ0v) is 18.3. The van der Waals surface area contributed by atoms with E-state index >= 15 is 0 Å². The van der Waals surface area contributed by atoms with E-state index in [0.29, 0.717) is 12.5 Å². The molecule has 2 saturated heterocycles. The molecule has 146 valence electrons. The van der Waals surface area contributed by atoms with Gasteiger partial charge in [-0.1, -0.05) is 6.92 Å². The third-order valence-corrected chi connectivity index (χ3v) is 5.00. The number of carbonyl (C=O) groups excluding carboxylic acids is 1. The van der Waals surface area contributed by atoms with Gasteiger partial charge in [0.05, 0.1) is 12.5 Å². The number of nitrogens with zero attached hydrogens (tertiary/aromatic N) is 3. The van der Waals surface area contributed by atoms with Gasteiger partial charge < -0.3 is 19.9 Å². The molecule has 7 heteroatoms. The summed E-state index contributed by atoms with van der Waals surface area (Å²) in [5.41, 5.74) is 0. The van der Waals surface area contributed by atoms with Gasteiger partial charge in [-0.05, 0) is 51.6 Å². The number of nitrogens with one attached hydrogen (secondary N) is 1. The van der Waals surface area contributed by atoms with Crippen LogP contribution in [0.4, 0.5) is 0 Å². The second kappa shape index (κ2) is 11.9. The van der Waals surface area contributed by atoms with Crippen molar-refractivity contribution in [2.75, 3.05) is 52.9 Å². The molecule has 0 aliphatic carbocycles. The average molecular weight is 466 g/mol. The maximum atomic E-state index is 11.8. The van der Waals surface area contributed by atoms with E-state index in [1.165, 1.54) is 25.9 Å². The van der Waals surface area contributed by atoms with E-state index in [4.69, 9.17) is 4.74 Å². The molecule has 2 heterocycles. The monoisotopic (exact) mass is 466 g/mol. The van der Waals surface area contributed by atoms with E-state index in [2.05, 4.69) is 27.0 Å². The van der Waals surface area contributed by atoms with Crippen LogP contribution in [0.2, 0.25) is 0 Å². The number of likely N-dealkylation sites (tertiary alicyclic amines) is 2. The van der Waals surface area contributed by atoms with Crippen molar-refractivity contribution in [2.45, 2.75) is 39.5 Å². The molecular formula is C18H35IN4O2. The lowest BCUT2D eigenvalue weighted by Crippen LogP contribution is -2.48. The summed E-state index contributed by atoms with van der Waals surface area (Å²) >= 11 is 0. The quantitative estimate of drug-likeness (QED) is 0.282. The standard InChI is InChI=1S/C18H34N4O2.HI/c1-4-24-17(23)16-7-11-22(12-8-16)18(19-3)20-13-15(2)14-21-9-5-6-10-21;/h15-16H,4-14H2,1-3H3,(H,19,20);1H. The van der Waals surface area contributed by atoms with Gasteiger partial charge in [-0.2, -0.15) is 0 Å². The van der Waals surface area contributed by atoms with Crippen LogP contribution in [0.5, 0.6) is 0 Å². The van der Waals surface area contributed by atoms with Gasteiger partial charge in [0.1, 0.15) is 0 Å². The molecule has 0 bridgehead atoms. The molecule has 2 fully saturated rings. The van der Waals surface area contributed by atoms with Crippen LogP contribution >= 0.6 is 24.0 Å². The van der Waals surface area contributed by atoms with Crippen molar-refractivity contribution >= 4 is 35.9 Å². The van der Waals surface area contributed by atoms with Crippen LogP contribution in [0, 0.1) is 11.8 Å². The highest BCUT2D eigenvalue weighted by molar-refractivity contribution is 14.0. The molecule has 1 atom stereocenters. The van der Waals surface area contributed by atoms with Crippen LogP contribution in [0.25, 0.3) is 0 Å². The number of esters is 1. The van der Waals surface area contributed by atoms with Gasteiger partial charge in [0, 0.05) is 33.2 Å². The highest BCUT2D eigenvalue weighted by atomic mass is 127. The first-order valence-electron chi connectivity index (χ1n) is 9.48. The Balaban J connectivity index is 0.00000312. The zero-order chi connectivity index (χ0) is 17.4. The number of piperidine rings is 1. The van der Waals surface area contributed by atoms with Crippen molar-refractivity contribution in [3.8, 4) is 0 Å². The summed E-state index contributed by atoms with van der Waals surface area (Å²) < 4.78 is 5.14. The Morgan fingerprint density at radius 2 is 1.88 bits per heavy atom. The molecule has 2 aliphatic heterocycles. The number of carbonyl (C=O) groups is 1. The number of halogens is 1. The first-order chi connectivity index (χ1) is 11.6. The lowest BCUT2D eigenvalue weighted by molar-refractivity contribution is -0.149. The Labute approximate surface area is 169 Å². The molecule has 2 aliphatic rings. The predicted molar refractivity (Wildman–Crippen MR) is 113 cm³/mol. The van der Waals surface area contributed by atoms with Crippen LogP contribution in [-0.4, -0.2) is 74.7 Å². The van der Waals surface area contributed by atoms with Crippen LogP contribution in [0.3, 0.4) is 0 Å². The van der Waals surface area contributed by atoms with Crippen LogP contribution in [0.1, 0.15) is 39.5 Å². The second-order valence-electron chi connectivity index (χ2n) is 7.05. The Morgan fingerprint density at radius 1 is 1.24 bits per heavy atom. The normalized spacial score (nSPS) is 20.9. The topological polar surface area (TPSA) is 57.2 Å². The summed E-state index contributed by atoms with van der Waals surface area (Å²) in [5, 5.41) is 3.52. The van der Waals surface area contributed by atoms with Gasteiger partial charge in [-0.25, -0.2) is 0 Å². The molecule has 1 unspecified atom stereocenters. The lowest BCUT2D eigenvalue weighted by Gasteiger charge is -2.33. The molecule has 0 aromatic heterocycles. The second-order valence-corrected chi connectivity index (χ2v) is 7.05. The smallest absolute Gasteiger partial charge is 0.309 e. The van der Waals surface area contributed by atoms with Gasteiger partial charge in [0.15, 0.2) is 5.96 Å². The summed E-state index contributed by atoms with van der Waals surface area (Å²) in [7, 11) is 1.84. The molecule has 0 saturated carbocycles. The van der Waals surface area contributed by atoms with E-state index in [1.807, 2.05) is 14.0 Å². The number of guanidine groups is 1. The van der Waals surface area contributed by atoms with E-state index in [-0.39, 0.29) is 35.9 Å². The third kappa shape index (κ3) is 7.29. The molecule has 0 radical (unpaired) electrons. The number of hydrogen-bond donors (Lipinski definition) is 1. The maximum absolute atomic E-state index is 11.8. The van der Waals surface area contributed by atoms with E-state index in [9.17, 15) is 4.79 Å². The predicted octanol–water partition coefficient (Wildman–Crippen LogP) is 2.19. The summed E-state index contributed by atoms with van der Waals surface area (Å²) in [5.74, 6) is 1.58. The van der Waals surface area contributed by atoms with Gasteiger partial charge >= 0.3 is 5.97 Å². The van der Waals surface area contributed by atoms with Crippen LogP contribution < -0.4 is 5.32 Å². The van der Waals surface area contributed by atoms with Gasteiger partial charge in [-0.3, -0.25) is 9.79 Å². The number of hydrogen-bond acceptors (Lipinski definition) is 4. The largest absolute Gasteiger partial charge is 0.466 e. The Bertz CT molecular complexity index is 419. The minimum atomic E-state index is -0.0423. The molecule has 0 spiro atoms. The Kier molecular flexibility index (Phi) is 10.7. The maximum Gasteiger partial charge on any atom is 0.309 e. The van der Waals surface area contributed by atoms with Crippen molar-refractivity contribution < 1.29 is 9.53 Å². The molecule has 2 rings (SSSR count). The Morgan fingerprint density at radius 3 is 2.44 bits per heavy atom. The number of ether oxygens (including phenoxy) is 1. The summed E-state index contributed by atoms with van der Waals surface area (Å²) in [6.45, 7) is 11.0. The van der Waals surface area contributed by atoms with Gasteiger partial charge in [0.25, 0.3) is 0 Å². The van der Waals surface area contributed by atoms with E-state index in [0.717, 1.165) is 45.0 Å². The number of aliphatic imine (C=N–C) groups is 1. The minimum Gasteiger partial charge on any atom is -0.466 e. The minimum absolute atomic E-state index is 0. The van der Waals surface area contributed by atoms with Crippen molar-refractivity contribution in [1.29, 1.82) is 0 Å². The molecule has 1 N–H and O–H groups in total. The molecule has 6 nitrogen and oxygen atoms in total. The highest BCUT2D eigenvalue weighted by Gasteiger charge is 2.27. The molecule has 0 aromatic rings. The Hall–Kier alpha value is -0.570. The average Bonchev–Trinajstić information content (AvgIpc) is 3.09. The zero-order valence-electron chi connectivity index (χ0n) is 16.0. The molecular weight excluding hydrogens is 431 g/mol. The highest BCUT2D eigenvalue weighted by Crippen LogP contribution is 2.19. The first kappa shape index (κ1) is 22.5. The fourth-order valence-electron chi connectivity index (χ4n) is 3.66. The SMILES string of the molecule is CCOC(=O)C1CCN(C(=NC)NCC(C)CN2CCCC2)CC1.I. The number of rotatable bonds is 6. The van der Waals surface area contributed by atoms with E-state index < -0.39 is 0 Å². The van der Waals surface area contributed by atoms with Gasteiger partial charge in [0.2, 0.25) is 0 Å². The molecule has 0 amide bonds. The first-order valence-corrected chi connectivity index (χ1v) is 9.48. The third-order valence-electron chi connectivity index (χ3n) is 5.00. The summed E-state index contributed by atoms with van der Waals surface area (Å²) in [4.78, 5) is 21.1. The lowest BCUT2D eigenvalue weighted by atomic mass is 9.97. The molecule has 0 aromatic carbocycles. The van der Waals surface area contributed by atoms with E-state index in [1.54, 1.807) is 0 Å². The van der Waals surface area contributed by atoms with Crippen molar-refractivity contribution in [3.63, 3.8) is 0 Å². The summed E-state index contributed by atoms with van der Waals surface area (Å²) in [6, 6.07) is 0. The van der Waals surface area contributed by atoms with Gasteiger partial charge in [-0.15, -0.1) is 24.0 Å². The van der Waals surface area contributed by atoms with Crippen molar-refractivity contribution in [2.24, 2.45) is 16.8 Å². The fourth-order valence-corrected chi connectivity index (χ4v) is 3.66. The van der Waals surface area contributed by atoms with Crippen molar-refractivity contribution in [3.05, 3.63) is 0 Å².